The normalized spacial score (nSPS) is 15.7. The van der Waals surface area contributed by atoms with E-state index in [2.05, 4.69) is 0 Å². The zero-order valence-electron chi connectivity index (χ0n) is 13.4. The topological polar surface area (TPSA) is 44.8 Å². The van der Waals surface area contributed by atoms with E-state index in [1.807, 2.05) is 49.4 Å². The van der Waals surface area contributed by atoms with Gasteiger partial charge in [0.25, 0.3) is 0 Å². The second kappa shape index (κ2) is 6.73. The molecule has 4 nitrogen and oxygen atoms in total. The molecular formula is C19H20O4. The fourth-order valence-electron chi connectivity index (χ4n) is 2.65. The molecule has 120 valence electrons. The van der Waals surface area contributed by atoms with Crippen LogP contribution in [0.4, 0.5) is 0 Å². The van der Waals surface area contributed by atoms with Crippen molar-refractivity contribution < 1.29 is 19.0 Å². The molecule has 0 fully saturated rings. The highest BCUT2D eigenvalue weighted by Crippen LogP contribution is 2.35. The molecule has 0 bridgehead atoms. The van der Waals surface area contributed by atoms with E-state index in [0.717, 1.165) is 28.4 Å². The first-order valence-electron chi connectivity index (χ1n) is 7.79. The van der Waals surface area contributed by atoms with Crippen LogP contribution in [0.5, 0.6) is 17.2 Å². The van der Waals surface area contributed by atoms with Crippen LogP contribution in [0.3, 0.4) is 0 Å². The van der Waals surface area contributed by atoms with E-state index < -0.39 is 0 Å². The largest absolute Gasteiger partial charge is 0.494 e. The molecule has 23 heavy (non-hydrogen) atoms. The van der Waals surface area contributed by atoms with Gasteiger partial charge in [0, 0.05) is 5.56 Å². The Kier molecular flexibility index (Phi) is 4.51. The maximum absolute atomic E-state index is 11.6. The Labute approximate surface area is 136 Å². The molecule has 4 heteroatoms. The number of ether oxygens (including phenoxy) is 3. The van der Waals surface area contributed by atoms with Gasteiger partial charge in [0.2, 0.25) is 0 Å². The lowest BCUT2D eigenvalue weighted by molar-refractivity contribution is -0.118. The Morgan fingerprint density at radius 2 is 1.83 bits per heavy atom. The van der Waals surface area contributed by atoms with E-state index in [4.69, 9.17) is 14.2 Å². The second-order valence-corrected chi connectivity index (χ2v) is 5.54. The van der Waals surface area contributed by atoms with Crippen LogP contribution in [0.1, 0.15) is 30.9 Å². The van der Waals surface area contributed by atoms with Crippen LogP contribution < -0.4 is 14.2 Å². The molecule has 0 radical (unpaired) electrons. The summed E-state index contributed by atoms with van der Waals surface area (Å²) in [6.45, 7) is 5.10. The molecular weight excluding hydrogens is 292 g/mol. The maximum atomic E-state index is 11.6. The van der Waals surface area contributed by atoms with Crippen LogP contribution in [0, 0.1) is 0 Å². The van der Waals surface area contributed by atoms with Crippen molar-refractivity contribution in [3.05, 3.63) is 53.6 Å². The van der Waals surface area contributed by atoms with Crippen LogP contribution in [0.25, 0.3) is 0 Å². The Morgan fingerprint density at radius 3 is 2.48 bits per heavy atom. The van der Waals surface area contributed by atoms with Gasteiger partial charge in [-0.25, -0.2) is 0 Å². The molecule has 3 rings (SSSR count). The number of benzene rings is 2. The van der Waals surface area contributed by atoms with Gasteiger partial charge in [0.05, 0.1) is 12.5 Å². The van der Waals surface area contributed by atoms with Gasteiger partial charge in [-0.15, -0.1) is 0 Å². The highest BCUT2D eigenvalue weighted by Gasteiger charge is 2.27. The lowest BCUT2D eigenvalue weighted by atomic mass is 9.97. The third kappa shape index (κ3) is 3.47. The molecule has 1 aliphatic rings. The molecule has 0 spiro atoms. The van der Waals surface area contributed by atoms with Crippen LogP contribution in [-0.4, -0.2) is 19.0 Å². The summed E-state index contributed by atoms with van der Waals surface area (Å²) < 4.78 is 16.8. The number of carbonyl (C=O) groups is 1. The highest BCUT2D eigenvalue weighted by atomic mass is 16.5. The third-order valence-electron chi connectivity index (χ3n) is 3.89. The maximum Gasteiger partial charge on any atom is 0.140 e. The summed E-state index contributed by atoms with van der Waals surface area (Å²) in [6.07, 6.45) is 0. The summed E-state index contributed by atoms with van der Waals surface area (Å²) in [5.41, 5.74) is 1.99. The predicted octanol–water partition coefficient (Wildman–Crippen LogP) is 3.73. The van der Waals surface area contributed by atoms with E-state index in [1.165, 1.54) is 0 Å². The molecule has 1 unspecified atom stereocenters. The Balaban J connectivity index is 1.64. The standard InChI is InChI=1S/C19H20O4/c1-3-21-15-5-7-16(8-6-15)22-11-14-4-9-17-18(13(2)20)12-23-19(17)10-14/h4-10,18H,3,11-12H2,1-2H3. The van der Waals surface area contributed by atoms with Gasteiger partial charge in [0.15, 0.2) is 0 Å². The number of hydrogen-bond acceptors (Lipinski definition) is 4. The fourth-order valence-corrected chi connectivity index (χ4v) is 2.65. The fraction of sp³-hybridized carbons (Fsp3) is 0.316. The van der Waals surface area contributed by atoms with Crippen molar-refractivity contribution in [1.29, 1.82) is 0 Å². The lowest BCUT2D eigenvalue weighted by Crippen LogP contribution is -2.09. The number of fused-ring (bicyclic) bond motifs is 1. The van der Waals surface area contributed by atoms with Crippen LogP contribution in [0.15, 0.2) is 42.5 Å². The summed E-state index contributed by atoms with van der Waals surface area (Å²) >= 11 is 0. The number of rotatable bonds is 6. The average molecular weight is 312 g/mol. The summed E-state index contributed by atoms with van der Waals surface area (Å²) in [5.74, 6) is 2.42. The summed E-state index contributed by atoms with van der Waals surface area (Å²) in [4.78, 5) is 11.6. The van der Waals surface area contributed by atoms with Crippen LogP contribution >= 0.6 is 0 Å². The van der Waals surface area contributed by atoms with E-state index >= 15 is 0 Å². The summed E-state index contributed by atoms with van der Waals surface area (Å²) in [5, 5.41) is 0. The molecule has 1 aliphatic heterocycles. The first kappa shape index (κ1) is 15.4. The Hall–Kier alpha value is -2.49. The van der Waals surface area contributed by atoms with Gasteiger partial charge < -0.3 is 14.2 Å². The minimum absolute atomic E-state index is 0.133. The number of Topliss-reactive ketones (excluding diaryl/α,β-unsaturated/α-hetero) is 1. The SMILES string of the molecule is CCOc1ccc(OCc2ccc3c(c2)OCC3C(C)=O)cc1. The van der Waals surface area contributed by atoms with Crippen molar-refractivity contribution in [1.82, 2.24) is 0 Å². The first-order valence-corrected chi connectivity index (χ1v) is 7.79. The van der Waals surface area contributed by atoms with E-state index in [1.54, 1.807) is 6.92 Å². The molecule has 0 aliphatic carbocycles. The zero-order chi connectivity index (χ0) is 16.2. The highest BCUT2D eigenvalue weighted by molar-refractivity contribution is 5.85. The Morgan fingerprint density at radius 1 is 1.13 bits per heavy atom. The third-order valence-corrected chi connectivity index (χ3v) is 3.89. The number of carbonyl (C=O) groups excluding carboxylic acids is 1. The van der Waals surface area contributed by atoms with Crippen LogP contribution in [0.2, 0.25) is 0 Å². The van der Waals surface area contributed by atoms with E-state index in [0.29, 0.717) is 19.8 Å². The van der Waals surface area contributed by atoms with Crippen LogP contribution in [-0.2, 0) is 11.4 Å². The quantitative estimate of drug-likeness (QED) is 0.815. The molecule has 1 atom stereocenters. The molecule has 0 amide bonds. The van der Waals surface area contributed by atoms with E-state index in [-0.39, 0.29) is 11.7 Å². The minimum Gasteiger partial charge on any atom is -0.494 e. The van der Waals surface area contributed by atoms with Crippen molar-refractivity contribution in [2.75, 3.05) is 13.2 Å². The molecule has 1 heterocycles. The van der Waals surface area contributed by atoms with Gasteiger partial charge in [0.1, 0.15) is 36.2 Å². The zero-order valence-corrected chi connectivity index (χ0v) is 13.4. The predicted molar refractivity (Wildman–Crippen MR) is 87.3 cm³/mol. The smallest absolute Gasteiger partial charge is 0.140 e. The van der Waals surface area contributed by atoms with Gasteiger partial charge in [-0.3, -0.25) is 4.79 Å². The monoisotopic (exact) mass is 312 g/mol. The van der Waals surface area contributed by atoms with E-state index in [9.17, 15) is 4.79 Å². The summed E-state index contributed by atoms with van der Waals surface area (Å²) in [7, 11) is 0. The van der Waals surface area contributed by atoms with Crippen molar-refractivity contribution in [2.24, 2.45) is 0 Å². The molecule has 0 aromatic heterocycles. The summed E-state index contributed by atoms with van der Waals surface area (Å²) in [6, 6.07) is 13.5. The molecule has 2 aromatic rings. The molecule has 0 saturated carbocycles. The minimum atomic E-state index is -0.133. The molecule has 0 N–H and O–H groups in total. The van der Waals surface area contributed by atoms with Gasteiger partial charge >= 0.3 is 0 Å². The molecule has 2 aromatic carbocycles. The van der Waals surface area contributed by atoms with Crippen molar-refractivity contribution in [3.63, 3.8) is 0 Å². The Bertz CT molecular complexity index is 691. The number of hydrogen-bond donors (Lipinski definition) is 0. The first-order chi connectivity index (χ1) is 11.2. The number of ketones is 1. The van der Waals surface area contributed by atoms with Crippen molar-refractivity contribution >= 4 is 5.78 Å². The van der Waals surface area contributed by atoms with Gasteiger partial charge in [-0.1, -0.05) is 12.1 Å². The lowest BCUT2D eigenvalue weighted by Gasteiger charge is -2.09. The van der Waals surface area contributed by atoms with Gasteiger partial charge in [-0.05, 0) is 49.7 Å². The van der Waals surface area contributed by atoms with Crippen molar-refractivity contribution in [3.8, 4) is 17.2 Å². The molecule has 0 saturated heterocycles. The average Bonchev–Trinajstić information content (AvgIpc) is 2.98. The van der Waals surface area contributed by atoms with Gasteiger partial charge in [-0.2, -0.15) is 0 Å². The van der Waals surface area contributed by atoms with Crippen molar-refractivity contribution in [2.45, 2.75) is 26.4 Å². The second-order valence-electron chi connectivity index (χ2n) is 5.54.